The molecule has 0 unspecified atom stereocenters. The highest BCUT2D eigenvalue weighted by Crippen LogP contribution is 2.32. The predicted octanol–water partition coefficient (Wildman–Crippen LogP) is 1.77. The van der Waals surface area contributed by atoms with Crippen molar-refractivity contribution >= 4 is 11.8 Å². The fourth-order valence-electron chi connectivity index (χ4n) is 3.54. The van der Waals surface area contributed by atoms with Gasteiger partial charge in [0, 0.05) is 26.7 Å². The molecule has 0 aliphatic carbocycles. The van der Waals surface area contributed by atoms with Crippen LogP contribution in [0.1, 0.15) is 36.4 Å². The lowest BCUT2D eigenvalue weighted by atomic mass is 9.90. The third kappa shape index (κ3) is 3.24. The first kappa shape index (κ1) is 16.0. The smallest absolute Gasteiger partial charge is 0.250 e. The molecule has 2 heterocycles. The molecule has 0 radical (unpaired) electrons. The molecular formula is C18H24N2O3. The van der Waals surface area contributed by atoms with Crippen molar-refractivity contribution in [2.45, 2.75) is 31.7 Å². The maximum absolute atomic E-state index is 13.1. The minimum absolute atomic E-state index is 0.0103. The molecule has 0 spiro atoms. The average molecular weight is 316 g/mol. The number of carbonyl (C=O) groups is 2. The molecule has 124 valence electrons. The number of carbonyl (C=O) groups excluding carboxylic acids is 2. The SMILES string of the molecule is COCCN1C(=O)Cc2ccccc2[C@H]1C(=O)N1CCCCC1. The first-order valence-corrected chi connectivity index (χ1v) is 8.37. The standard InChI is InChI=1S/C18H24N2O3/c1-23-12-11-20-16(21)13-14-7-3-4-8-15(14)17(20)18(22)19-9-5-2-6-10-19/h3-4,7-8,17H,2,5-6,9-13H2,1H3/t17-/m0/s1. The lowest BCUT2D eigenvalue weighted by Crippen LogP contribution is -2.50. The Morgan fingerprint density at radius 1 is 1.22 bits per heavy atom. The maximum Gasteiger partial charge on any atom is 0.250 e. The largest absolute Gasteiger partial charge is 0.383 e. The molecule has 1 saturated heterocycles. The van der Waals surface area contributed by atoms with Crippen LogP contribution in [-0.4, -0.2) is 55.0 Å². The van der Waals surface area contributed by atoms with Gasteiger partial charge in [0.25, 0.3) is 0 Å². The molecule has 2 aliphatic heterocycles. The highest BCUT2D eigenvalue weighted by molar-refractivity contribution is 5.92. The van der Waals surface area contributed by atoms with Gasteiger partial charge in [0.15, 0.2) is 0 Å². The van der Waals surface area contributed by atoms with Gasteiger partial charge in [-0.1, -0.05) is 24.3 Å². The molecule has 0 N–H and O–H groups in total. The zero-order valence-corrected chi connectivity index (χ0v) is 13.7. The summed E-state index contributed by atoms with van der Waals surface area (Å²) in [5.74, 6) is 0.0670. The normalized spacial score (nSPS) is 21.3. The van der Waals surface area contributed by atoms with Crippen LogP contribution in [0.15, 0.2) is 24.3 Å². The molecular weight excluding hydrogens is 292 g/mol. The van der Waals surface area contributed by atoms with Crippen LogP contribution in [0.4, 0.5) is 0 Å². The van der Waals surface area contributed by atoms with Crippen molar-refractivity contribution in [2.75, 3.05) is 33.4 Å². The Morgan fingerprint density at radius 2 is 1.96 bits per heavy atom. The third-order valence-electron chi connectivity index (χ3n) is 4.76. The second-order valence-electron chi connectivity index (χ2n) is 6.24. The van der Waals surface area contributed by atoms with Gasteiger partial charge < -0.3 is 14.5 Å². The van der Waals surface area contributed by atoms with E-state index >= 15 is 0 Å². The quantitative estimate of drug-likeness (QED) is 0.851. The number of likely N-dealkylation sites (tertiary alicyclic amines) is 1. The predicted molar refractivity (Wildman–Crippen MR) is 86.9 cm³/mol. The van der Waals surface area contributed by atoms with E-state index < -0.39 is 6.04 Å². The molecule has 1 atom stereocenters. The first-order chi connectivity index (χ1) is 11.2. The van der Waals surface area contributed by atoms with Crippen LogP contribution in [0, 0.1) is 0 Å². The van der Waals surface area contributed by atoms with E-state index in [0.717, 1.165) is 37.1 Å². The van der Waals surface area contributed by atoms with Crippen LogP contribution >= 0.6 is 0 Å². The summed E-state index contributed by atoms with van der Waals surface area (Å²) in [7, 11) is 1.61. The van der Waals surface area contributed by atoms with Gasteiger partial charge in [-0.15, -0.1) is 0 Å². The second-order valence-corrected chi connectivity index (χ2v) is 6.24. The monoisotopic (exact) mass is 316 g/mol. The summed E-state index contributed by atoms with van der Waals surface area (Å²) in [4.78, 5) is 29.3. The topological polar surface area (TPSA) is 49.9 Å². The van der Waals surface area contributed by atoms with Crippen LogP contribution in [0.5, 0.6) is 0 Å². The number of nitrogens with zero attached hydrogens (tertiary/aromatic N) is 2. The summed E-state index contributed by atoms with van der Waals surface area (Å²) in [5.41, 5.74) is 1.94. The number of hydrogen-bond donors (Lipinski definition) is 0. The summed E-state index contributed by atoms with van der Waals surface area (Å²) in [6.07, 6.45) is 3.64. The summed E-state index contributed by atoms with van der Waals surface area (Å²) in [6, 6.07) is 7.31. The summed E-state index contributed by atoms with van der Waals surface area (Å²) < 4.78 is 5.14. The third-order valence-corrected chi connectivity index (χ3v) is 4.76. The minimum atomic E-state index is -0.499. The van der Waals surface area contributed by atoms with Gasteiger partial charge in [0.2, 0.25) is 11.8 Å². The molecule has 2 amide bonds. The molecule has 2 aliphatic rings. The van der Waals surface area contributed by atoms with Gasteiger partial charge in [-0.2, -0.15) is 0 Å². The maximum atomic E-state index is 13.1. The van der Waals surface area contributed by atoms with Gasteiger partial charge >= 0.3 is 0 Å². The molecule has 0 bridgehead atoms. The number of rotatable bonds is 4. The Kier molecular flexibility index (Phi) is 4.96. The van der Waals surface area contributed by atoms with Crippen LogP contribution in [0.25, 0.3) is 0 Å². The van der Waals surface area contributed by atoms with E-state index in [1.807, 2.05) is 29.2 Å². The highest BCUT2D eigenvalue weighted by Gasteiger charge is 2.39. The van der Waals surface area contributed by atoms with Crippen LogP contribution in [-0.2, 0) is 20.7 Å². The lowest BCUT2D eigenvalue weighted by molar-refractivity contribution is -0.148. The van der Waals surface area contributed by atoms with Gasteiger partial charge in [-0.05, 0) is 30.4 Å². The average Bonchev–Trinajstić information content (AvgIpc) is 2.59. The number of piperidine rings is 1. The van der Waals surface area contributed by atoms with Gasteiger partial charge in [-0.3, -0.25) is 9.59 Å². The van der Waals surface area contributed by atoms with Crippen molar-refractivity contribution in [3.05, 3.63) is 35.4 Å². The molecule has 1 fully saturated rings. The van der Waals surface area contributed by atoms with E-state index in [-0.39, 0.29) is 11.8 Å². The Morgan fingerprint density at radius 3 is 2.70 bits per heavy atom. The van der Waals surface area contributed by atoms with E-state index in [1.165, 1.54) is 6.42 Å². The highest BCUT2D eigenvalue weighted by atomic mass is 16.5. The van der Waals surface area contributed by atoms with Crippen molar-refractivity contribution in [1.29, 1.82) is 0 Å². The van der Waals surface area contributed by atoms with Gasteiger partial charge in [0.1, 0.15) is 6.04 Å². The molecule has 5 nitrogen and oxygen atoms in total. The lowest BCUT2D eigenvalue weighted by Gasteiger charge is -2.39. The van der Waals surface area contributed by atoms with Gasteiger partial charge in [0.05, 0.1) is 13.0 Å². The van der Waals surface area contributed by atoms with E-state index in [0.29, 0.717) is 19.6 Å². The minimum Gasteiger partial charge on any atom is -0.383 e. The zero-order valence-electron chi connectivity index (χ0n) is 13.7. The number of hydrogen-bond acceptors (Lipinski definition) is 3. The Labute approximate surface area is 137 Å². The molecule has 23 heavy (non-hydrogen) atoms. The number of ether oxygens (including phenoxy) is 1. The summed E-state index contributed by atoms with van der Waals surface area (Å²) >= 11 is 0. The molecule has 0 aromatic heterocycles. The molecule has 1 aromatic rings. The van der Waals surface area contributed by atoms with Crippen molar-refractivity contribution in [1.82, 2.24) is 9.80 Å². The molecule has 1 aromatic carbocycles. The second kappa shape index (κ2) is 7.13. The van der Waals surface area contributed by atoms with Crippen molar-refractivity contribution in [2.24, 2.45) is 0 Å². The Hall–Kier alpha value is -1.88. The summed E-state index contributed by atoms with van der Waals surface area (Å²) in [6.45, 7) is 2.49. The van der Waals surface area contributed by atoms with Crippen molar-refractivity contribution in [3.63, 3.8) is 0 Å². The zero-order chi connectivity index (χ0) is 16.2. The van der Waals surface area contributed by atoms with E-state index in [2.05, 4.69) is 0 Å². The summed E-state index contributed by atoms with van der Waals surface area (Å²) in [5, 5.41) is 0. The number of fused-ring (bicyclic) bond motifs is 1. The molecule has 0 saturated carbocycles. The molecule has 3 rings (SSSR count). The fourth-order valence-corrected chi connectivity index (χ4v) is 3.54. The first-order valence-electron chi connectivity index (χ1n) is 8.37. The van der Waals surface area contributed by atoms with E-state index in [4.69, 9.17) is 4.74 Å². The Bertz CT molecular complexity index is 581. The van der Waals surface area contributed by atoms with Crippen molar-refractivity contribution < 1.29 is 14.3 Å². The van der Waals surface area contributed by atoms with E-state index in [1.54, 1.807) is 12.0 Å². The van der Waals surface area contributed by atoms with Gasteiger partial charge in [-0.25, -0.2) is 0 Å². The number of benzene rings is 1. The number of methoxy groups -OCH3 is 1. The fraction of sp³-hybridized carbons (Fsp3) is 0.556. The van der Waals surface area contributed by atoms with Crippen molar-refractivity contribution in [3.8, 4) is 0 Å². The van der Waals surface area contributed by atoms with Crippen LogP contribution in [0.2, 0.25) is 0 Å². The van der Waals surface area contributed by atoms with Crippen LogP contribution < -0.4 is 0 Å². The van der Waals surface area contributed by atoms with E-state index in [9.17, 15) is 9.59 Å². The van der Waals surface area contributed by atoms with Crippen LogP contribution in [0.3, 0.4) is 0 Å². The molecule has 5 heteroatoms. The Balaban J connectivity index is 1.93. The number of amides is 2.